The molecule has 5 rings (SSSR count). The van der Waals surface area contributed by atoms with E-state index in [0.717, 1.165) is 0 Å². The first-order valence-electron chi connectivity index (χ1n) is 10.7. The van der Waals surface area contributed by atoms with E-state index in [4.69, 9.17) is 32.2 Å². The number of halogens is 3. The highest BCUT2D eigenvalue weighted by molar-refractivity contribution is 6.39. The molecule has 34 heavy (non-hydrogen) atoms. The van der Waals surface area contributed by atoms with E-state index in [1.807, 2.05) is 0 Å². The summed E-state index contributed by atoms with van der Waals surface area (Å²) in [6.45, 7) is 2.63. The Morgan fingerprint density at radius 2 is 1.74 bits per heavy atom. The van der Waals surface area contributed by atoms with Gasteiger partial charge in [0, 0.05) is 24.6 Å². The monoisotopic (exact) mass is 500 g/mol. The predicted molar refractivity (Wildman–Crippen MR) is 124 cm³/mol. The zero-order valence-electron chi connectivity index (χ0n) is 18.1. The number of aromatic nitrogens is 3. The van der Waals surface area contributed by atoms with Crippen molar-refractivity contribution in [2.24, 2.45) is 0 Å². The van der Waals surface area contributed by atoms with Gasteiger partial charge in [0.15, 0.2) is 0 Å². The maximum atomic E-state index is 14.0. The molecule has 0 aliphatic carbocycles. The van der Waals surface area contributed by atoms with Crippen LogP contribution in [0.5, 0.6) is 0 Å². The number of likely N-dealkylation sites (tertiary alicyclic amines) is 1. The highest BCUT2D eigenvalue weighted by atomic mass is 35.5. The third kappa shape index (κ3) is 4.08. The number of piperidine rings is 1. The Balaban J connectivity index is 1.33. The van der Waals surface area contributed by atoms with E-state index in [-0.39, 0.29) is 17.6 Å². The van der Waals surface area contributed by atoms with Crippen LogP contribution in [0, 0.1) is 12.7 Å². The zero-order chi connectivity index (χ0) is 23.8. The van der Waals surface area contributed by atoms with Crippen LogP contribution in [0.15, 0.2) is 51.5 Å². The predicted octanol–water partition coefficient (Wildman–Crippen LogP) is 6.17. The summed E-state index contributed by atoms with van der Waals surface area (Å²) in [5.41, 5.74) is 1.42. The van der Waals surface area contributed by atoms with Crippen LogP contribution in [0.2, 0.25) is 10.0 Å². The van der Waals surface area contributed by atoms with Crippen LogP contribution in [0.4, 0.5) is 4.39 Å². The first-order valence-corrected chi connectivity index (χ1v) is 11.5. The second-order valence-corrected chi connectivity index (χ2v) is 8.88. The van der Waals surface area contributed by atoms with Crippen LogP contribution < -0.4 is 0 Å². The van der Waals surface area contributed by atoms with Gasteiger partial charge < -0.3 is 13.9 Å². The van der Waals surface area contributed by atoms with Crippen molar-refractivity contribution in [1.29, 1.82) is 0 Å². The topological polar surface area (TPSA) is 85.3 Å². The van der Waals surface area contributed by atoms with Gasteiger partial charge in [-0.1, -0.05) is 51.7 Å². The molecule has 0 bridgehead atoms. The molecule has 0 saturated carbocycles. The second-order valence-electron chi connectivity index (χ2n) is 8.06. The summed E-state index contributed by atoms with van der Waals surface area (Å²) in [5.74, 6) is 0.403. The van der Waals surface area contributed by atoms with Crippen LogP contribution in [0.25, 0.3) is 22.6 Å². The number of nitrogens with zero attached hydrogens (tertiary/aromatic N) is 4. The highest BCUT2D eigenvalue weighted by Crippen LogP contribution is 2.38. The molecule has 0 spiro atoms. The van der Waals surface area contributed by atoms with E-state index in [9.17, 15) is 9.18 Å². The lowest BCUT2D eigenvalue weighted by Crippen LogP contribution is -2.38. The molecule has 7 nitrogen and oxygen atoms in total. The Kier molecular flexibility index (Phi) is 6.10. The molecule has 1 saturated heterocycles. The van der Waals surface area contributed by atoms with Crippen molar-refractivity contribution in [2.45, 2.75) is 25.7 Å². The van der Waals surface area contributed by atoms with Crippen molar-refractivity contribution in [2.75, 3.05) is 13.1 Å². The Morgan fingerprint density at radius 3 is 2.44 bits per heavy atom. The first-order chi connectivity index (χ1) is 16.4. The molecule has 1 fully saturated rings. The molecule has 1 aliphatic rings. The lowest BCUT2D eigenvalue weighted by molar-refractivity contribution is 0.0703. The third-order valence-electron chi connectivity index (χ3n) is 5.96. The van der Waals surface area contributed by atoms with E-state index in [2.05, 4.69) is 15.3 Å². The molecule has 174 valence electrons. The fraction of sp³-hybridized carbons (Fsp3) is 0.250. The standard InChI is InChI=1S/C24H19Cl2FN4O3/c1-13-19(21(29-33-13)20-16(25)6-4-7-17(20)26)24(32)31-11-9-14(10-12-31)23-28-22(30-34-23)15-5-2-3-8-18(15)27/h2-8,14H,9-12H2,1H3. The maximum Gasteiger partial charge on any atom is 0.259 e. The summed E-state index contributed by atoms with van der Waals surface area (Å²) < 4.78 is 24.8. The number of amides is 1. The minimum absolute atomic E-state index is 0.0295. The molecule has 0 N–H and O–H groups in total. The molecule has 2 aromatic carbocycles. The minimum Gasteiger partial charge on any atom is -0.360 e. The number of aryl methyl sites for hydroxylation is 1. The lowest BCUT2D eigenvalue weighted by atomic mass is 9.95. The van der Waals surface area contributed by atoms with Crippen molar-refractivity contribution in [3.05, 3.63) is 75.5 Å². The Hall–Kier alpha value is -3.23. The fourth-order valence-electron chi connectivity index (χ4n) is 4.16. The van der Waals surface area contributed by atoms with Crippen molar-refractivity contribution >= 4 is 29.1 Å². The molecule has 3 heterocycles. The highest BCUT2D eigenvalue weighted by Gasteiger charge is 2.32. The average molecular weight is 501 g/mol. The normalized spacial score (nSPS) is 14.5. The SMILES string of the molecule is Cc1onc(-c2c(Cl)cccc2Cl)c1C(=O)N1CCC(c2nc(-c3ccccc3F)no2)CC1. The number of carbonyl (C=O) groups is 1. The van der Waals surface area contributed by atoms with Crippen LogP contribution in [-0.4, -0.2) is 39.2 Å². The summed E-state index contributed by atoms with van der Waals surface area (Å²) in [7, 11) is 0. The van der Waals surface area contributed by atoms with Gasteiger partial charge >= 0.3 is 0 Å². The molecule has 1 amide bonds. The molecular formula is C24H19Cl2FN4O3. The van der Waals surface area contributed by atoms with Crippen molar-refractivity contribution in [3.63, 3.8) is 0 Å². The summed E-state index contributed by atoms with van der Waals surface area (Å²) in [6.07, 6.45) is 1.24. The number of carbonyl (C=O) groups excluding carboxylic acids is 1. The quantitative estimate of drug-likeness (QED) is 0.333. The van der Waals surface area contributed by atoms with Crippen LogP contribution >= 0.6 is 23.2 Å². The Labute approximate surface area is 204 Å². The molecule has 2 aromatic heterocycles. The van der Waals surface area contributed by atoms with Crippen LogP contribution in [0.1, 0.15) is 40.8 Å². The molecular weight excluding hydrogens is 482 g/mol. The van der Waals surface area contributed by atoms with E-state index < -0.39 is 5.82 Å². The van der Waals surface area contributed by atoms with Gasteiger partial charge in [-0.05, 0) is 44.0 Å². The van der Waals surface area contributed by atoms with E-state index in [1.165, 1.54) is 6.07 Å². The van der Waals surface area contributed by atoms with Gasteiger partial charge in [0.2, 0.25) is 11.7 Å². The summed E-state index contributed by atoms with van der Waals surface area (Å²) >= 11 is 12.7. The maximum absolute atomic E-state index is 14.0. The van der Waals surface area contributed by atoms with Gasteiger partial charge in [-0.2, -0.15) is 4.98 Å². The molecule has 4 aromatic rings. The number of hydrogen-bond acceptors (Lipinski definition) is 6. The molecule has 1 aliphatic heterocycles. The molecule has 10 heteroatoms. The number of hydrogen-bond donors (Lipinski definition) is 0. The van der Waals surface area contributed by atoms with Gasteiger partial charge in [-0.15, -0.1) is 0 Å². The summed E-state index contributed by atoms with van der Waals surface area (Å²) in [4.78, 5) is 19.5. The number of benzene rings is 2. The van der Waals surface area contributed by atoms with Crippen molar-refractivity contribution < 1.29 is 18.2 Å². The van der Waals surface area contributed by atoms with Crippen LogP contribution in [-0.2, 0) is 0 Å². The molecule has 0 radical (unpaired) electrons. The summed E-state index contributed by atoms with van der Waals surface area (Å²) in [5, 5.41) is 8.78. The minimum atomic E-state index is -0.409. The Bertz CT molecular complexity index is 1340. The summed E-state index contributed by atoms with van der Waals surface area (Å²) in [6, 6.07) is 11.4. The van der Waals surface area contributed by atoms with Gasteiger partial charge in [-0.3, -0.25) is 4.79 Å². The van der Waals surface area contributed by atoms with Gasteiger partial charge in [0.05, 0.1) is 15.6 Å². The van der Waals surface area contributed by atoms with E-state index in [0.29, 0.717) is 70.0 Å². The molecule has 0 unspecified atom stereocenters. The largest absolute Gasteiger partial charge is 0.360 e. The van der Waals surface area contributed by atoms with Gasteiger partial charge in [0.25, 0.3) is 5.91 Å². The Morgan fingerprint density at radius 1 is 1.03 bits per heavy atom. The number of rotatable bonds is 4. The second kappa shape index (κ2) is 9.19. The smallest absolute Gasteiger partial charge is 0.259 e. The molecule has 0 atom stereocenters. The zero-order valence-corrected chi connectivity index (χ0v) is 19.6. The van der Waals surface area contributed by atoms with Crippen molar-refractivity contribution in [1.82, 2.24) is 20.2 Å². The lowest BCUT2D eigenvalue weighted by Gasteiger charge is -2.30. The van der Waals surface area contributed by atoms with Crippen LogP contribution in [0.3, 0.4) is 0 Å². The van der Waals surface area contributed by atoms with Crippen molar-refractivity contribution in [3.8, 4) is 22.6 Å². The van der Waals surface area contributed by atoms with E-state index in [1.54, 1.807) is 48.2 Å². The fourth-order valence-corrected chi connectivity index (χ4v) is 4.74. The first kappa shape index (κ1) is 22.6. The van der Waals surface area contributed by atoms with Gasteiger partial charge in [-0.25, -0.2) is 4.39 Å². The average Bonchev–Trinajstić information content (AvgIpc) is 3.46. The van der Waals surface area contributed by atoms with E-state index >= 15 is 0 Å². The van der Waals surface area contributed by atoms with Gasteiger partial charge in [0.1, 0.15) is 22.8 Å². The third-order valence-corrected chi connectivity index (χ3v) is 6.59.